The van der Waals surface area contributed by atoms with Gasteiger partial charge in [-0.1, -0.05) is 12.1 Å². The van der Waals surface area contributed by atoms with E-state index in [-0.39, 0.29) is 97.7 Å². The molecule has 4 heterocycles. The highest BCUT2D eigenvalue weighted by molar-refractivity contribution is 5.97. The van der Waals surface area contributed by atoms with Crippen LogP contribution in [0.15, 0.2) is 122 Å². The summed E-state index contributed by atoms with van der Waals surface area (Å²) in [6.07, 6.45) is 2.22. The highest BCUT2D eigenvalue weighted by Gasteiger charge is 2.23. The van der Waals surface area contributed by atoms with Gasteiger partial charge in [0, 0.05) is 54.5 Å². The van der Waals surface area contributed by atoms with Crippen molar-refractivity contribution in [2.45, 2.75) is 25.4 Å². The van der Waals surface area contributed by atoms with Crippen LogP contribution in [0.1, 0.15) is 28.9 Å². The number of amides is 1. The molecule has 9 aromatic rings. The minimum atomic E-state index is -1.30. The fraction of sp³-hybridized carbons (Fsp3) is 0.100. The monoisotopic (exact) mass is 1030 g/mol. The number of carboxylic acids is 2. The number of nitrogens with one attached hydrogen (secondary N) is 1. The molecule has 0 saturated heterocycles. The molecular formula is C50H42N8O17. The lowest BCUT2D eigenvalue weighted by Gasteiger charge is -2.19. The summed E-state index contributed by atoms with van der Waals surface area (Å²) < 4.78 is 10.6. The van der Waals surface area contributed by atoms with Gasteiger partial charge in [-0.15, -0.1) is 0 Å². The van der Waals surface area contributed by atoms with Crippen LogP contribution in [0.4, 0.5) is 17.5 Å². The van der Waals surface area contributed by atoms with Crippen molar-refractivity contribution >= 4 is 68.4 Å². The van der Waals surface area contributed by atoms with E-state index in [2.05, 4.69) is 25.3 Å². The Balaban J connectivity index is 0.000000171. The lowest BCUT2D eigenvalue weighted by Crippen LogP contribution is -2.41. The molecule has 1 amide bonds. The number of phenols is 7. The second-order valence-electron chi connectivity index (χ2n) is 16.2. The molecule has 25 nitrogen and oxygen atoms in total. The van der Waals surface area contributed by atoms with Gasteiger partial charge in [-0.2, -0.15) is 9.97 Å². The molecule has 0 radical (unpaired) electrons. The van der Waals surface area contributed by atoms with Gasteiger partial charge in [0.15, 0.2) is 34.2 Å². The highest BCUT2D eigenvalue weighted by Crippen LogP contribution is 2.38. The molecule has 0 spiro atoms. The van der Waals surface area contributed by atoms with Crippen LogP contribution in [0.5, 0.6) is 46.0 Å². The van der Waals surface area contributed by atoms with E-state index >= 15 is 0 Å². The number of anilines is 3. The quantitative estimate of drug-likeness (QED) is 0.0771. The second kappa shape index (κ2) is 21.6. The van der Waals surface area contributed by atoms with Crippen molar-refractivity contribution < 1.29 is 74.3 Å². The minimum absolute atomic E-state index is 0.00775. The van der Waals surface area contributed by atoms with Gasteiger partial charge < -0.3 is 81.6 Å². The summed E-state index contributed by atoms with van der Waals surface area (Å²) in [7, 11) is 1.82. The van der Waals surface area contributed by atoms with E-state index in [1.54, 1.807) is 30.5 Å². The molecule has 5 aromatic carbocycles. The minimum Gasteiger partial charge on any atom is -0.508 e. The summed E-state index contributed by atoms with van der Waals surface area (Å²) in [6, 6.07) is 19.2. The second-order valence-corrected chi connectivity index (χ2v) is 16.2. The van der Waals surface area contributed by atoms with Gasteiger partial charge in [-0.05, 0) is 66.6 Å². The molecular weight excluding hydrogens is 985 g/mol. The number of hydrogen-bond acceptors (Lipinski definition) is 22. The van der Waals surface area contributed by atoms with Crippen LogP contribution in [0.2, 0.25) is 0 Å². The van der Waals surface area contributed by atoms with Crippen LogP contribution in [-0.4, -0.2) is 102 Å². The van der Waals surface area contributed by atoms with Crippen LogP contribution < -0.4 is 32.5 Å². The van der Waals surface area contributed by atoms with Crippen LogP contribution in [0.3, 0.4) is 0 Å². The van der Waals surface area contributed by atoms with Crippen LogP contribution >= 0.6 is 0 Å². The van der Waals surface area contributed by atoms with E-state index < -0.39 is 52.0 Å². The maximum absolute atomic E-state index is 12.4. The lowest BCUT2D eigenvalue weighted by molar-refractivity contribution is -0.140. The summed E-state index contributed by atoms with van der Waals surface area (Å²) in [6.45, 7) is 0.370. The maximum Gasteiger partial charge on any atom is 0.326 e. The first-order valence-corrected chi connectivity index (χ1v) is 21.7. The average Bonchev–Trinajstić information content (AvgIpc) is 3.35. The number of aliphatic carboxylic acids is 2. The first-order valence-electron chi connectivity index (χ1n) is 21.7. The fourth-order valence-electron chi connectivity index (χ4n) is 7.22. The van der Waals surface area contributed by atoms with Gasteiger partial charge in [-0.25, -0.2) is 14.8 Å². The Bertz CT molecular complexity index is 3790. The molecule has 9 rings (SSSR count). The maximum atomic E-state index is 12.4. The number of hydrogen-bond donors (Lipinski definition) is 13. The Morgan fingerprint density at radius 2 is 1.32 bits per heavy atom. The summed E-state index contributed by atoms with van der Waals surface area (Å²) in [5, 5.41) is 96.3. The topological polar surface area (TPSA) is 433 Å². The van der Waals surface area contributed by atoms with Crippen molar-refractivity contribution in [1.82, 2.24) is 25.3 Å². The predicted molar refractivity (Wildman–Crippen MR) is 267 cm³/mol. The largest absolute Gasteiger partial charge is 0.508 e. The van der Waals surface area contributed by atoms with Crippen LogP contribution in [0.25, 0.3) is 55.6 Å². The van der Waals surface area contributed by atoms with Crippen molar-refractivity contribution in [3.8, 4) is 68.4 Å². The SMILES string of the molecule is CN(Cc1cnc2nc(N)nc(N)c2n1)c1ccc(C(=O)N[C@@H](CCC(=O)O)C(=O)O)cc1.O=c1c(-c2ccc(O)cc2)coc2cc(O)cc(O)c12.O=c1c(O)c(-c2ccc(O)c(O)c2)oc2cc(O)cc(O)c12. The smallest absolute Gasteiger partial charge is 0.326 e. The molecule has 15 N–H and O–H groups in total. The van der Waals surface area contributed by atoms with Crippen molar-refractivity contribution in [1.29, 1.82) is 0 Å². The molecule has 384 valence electrons. The van der Waals surface area contributed by atoms with Gasteiger partial charge in [0.05, 0.1) is 24.0 Å². The third-order valence-corrected chi connectivity index (χ3v) is 10.9. The molecule has 0 aliphatic carbocycles. The van der Waals surface area contributed by atoms with E-state index in [1.165, 1.54) is 42.7 Å². The van der Waals surface area contributed by atoms with Crippen molar-refractivity contribution in [3.05, 3.63) is 135 Å². The van der Waals surface area contributed by atoms with E-state index in [9.17, 15) is 69.9 Å². The molecule has 0 aliphatic heterocycles. The van der Waals surface area contributed by atoms with Crippen LogP contribution in [0, 0.1) is 0 Å². The first kappa shape index (κ1) is 52.0. The number of aromatic hydroxyl groups is 8. The van der Waals surface area contributed by atoms with Gasteiger partial charge in [0.2, 0.25) is 22.6 Å². The zero-order valence-corrected chi connectivity index (χ0v) is 38.7. The van der Waals surface area contributed by atoms with E-state index in [4.69, 9.17) is 25.4 Å². The normalized spacial score (nSPS) is 11.2. The molecule has 0 fully saturated rings. The summed E-state index contributed by atoms with van der Waals surface area (Å²) in [5.74, 6) is -6.06. The number of carbonyl (C=O) groups is 3. The Morgan fingerprint density at radius 1 is 0.693 bits per heavy atom. The number of aromatic nitrogens is 4. The fourth-order valence-corrected chi connectivity index (χ4v) is 7.22. The predicted octanol–water partition coefficient (Wildman–Crippen LogP) is 4.83. The number of carboxylic acid groups (broad SMARTS) is 2. The van der Waals surface area contributed by atoms with Crippen LogP contribution in [-0.2, 0) is 16.1 Å². The standard InChI is InChI=1S/C20H22N8O5.C15H10O7.C15H10O5/c1-28(9-11-8-23-17-15(24-11)16(21)26-20(22)27-17)12-4-2-10(3-5-12)18(31)25-13(19(32)33)6-7-14(29)30;16-7-4-10(19)12-11(5-7)22-15(14(21)13(12)20)6-1-2-8(17)9(18)3-6;16-9-3-1-8(2-4-9)11-7-20-13-6-10(17)5-12(18)14(13)15(11)19/h2-5,8,13H,6-7,9H2,1H3,(H,25,31)(H,29,30)(H,32,33)(H4,21,22,23,26,27);1-5,16-19,21H;1-7,16-18H/t13-;;/m0../s1. The first-order chi connectivity index (χ1) is 35.6. The van der Waals surface area contributed by atoms with Gasteiger partial charge in [-0.3, -0.25) is 19.2 Å². The third-order valence-electron chi connectivity index (χ3n) is 10.9. The molecule has 1 atom stereocenters. The summed E-state index contributed by atoms with van der Waals surface area (Å²) >= 11 is 0. The average molecular weight is 1030 g/mol. The van der Waals surface area contributed by atoms with Crippen molar-refractivity contribution in [2.24, 2.45) is 0 Å². The molecule has 0 saturated carbocycles. The number of benzene rings is 5. The number of nitrogen functional groups attached to an aromatic ring is 2. The van der Waals surface area contributed by atoms with Gasteiger partial charge in [0.25, 0.3) is 5.91 Å². The lowest BCUT2D eigenvalue weighted by atomic mass is 10.0. The van der Waals surface area contributed by atoms with Crippen molar-refractivity contribution in [2.75, 3.05) is 23.4 Å². The molecule has 0 aliphatic rings. The van der Waals surface area contributed by atoms with Gasteiger partial charge in [0.1, 0.15) is 63.0 Å². The van der Waals surface area contributed by atoms with E-state index in [1.807, 2.05) is 11.9 Å². The van der Waals surface area contributed by atoms with E-state index in [0.717, 1.165) is 36.0 Å². The zero-order chi connectivity index (χ0) is 54.4. The Hall–Kier alpha value is -10.9. The summed E-state index contributed by atoms with van der Waals surface area (Å²) in [5.41, 5.74) is 13.3. The van der Waals surface area contributed by atoms with Gasteiger partial charge >= 0.3 is 11.9 Å². The van der Waals surface area contributed by atoms with E-state index in [0.29, 0.717) is 29.0 Å². The molecule has 0 unspecified atom stereocenters. The molecule has 75 heavy (non-hydrogen) atoms. The number of nitrogens with zero attached hydrogens (tertiary/aromatic N) is 5. The molecule has 4 aromatic heterocycles. The Labute approximate surface area is 419 Å². The Morgan fingerprint density at radius 3 is 1.95 bits per heavy atom. The Kier molecular flexibility index (Phi) is 15.0. The number of carbonyl (C=O) groups excluding carboxylic acids is 1. The number of fused-ring (bicyclic) bond motifs is 3. The zero-order valence-electron chi connectivity index (χ0n) is 38.7. The molecule has 25 heteroatoms. The summed E-state index contributed by atoms with van der Waals surface area (Å²) in [4.78, 5) is 77.2. The number of rotatable bonds is 11. The third kappa shape index (κ3) is 11.9. The number of phenolic OH excluding ortho intramolecular Hbond substituents is 7. The molecule has 0 bridgehead atoms. The number of nitrogens with two attached hydrogens (primary N) is 2. The highest BCUT2D eigenvalue weighted by atomic mass is 16.4. The van der Waals surface area contributed by atoms with Crippen molar-refractivity contribution in [3.63, 3.8) is 0 Å².